The molecule has 25 heavy (non-hydrogen) atoms. The van der Waals surface area contributed by atoms with E-state index in [9.17, 15) is 8.78 Å². The summed E-state index contributed by atoms with van der Waals surface area (Å²) in [7, 11) is 1.47. The molecule has 4 rings (SSSR count). The molecule has 0 aliphatic rings. The quantitative estimate of drug-likeness (QED) is 0.615. The number of hydrogen-bond acceptors (Lipinski definition) is 5. The maximum absolute atomic E-state index is 14.5. The van der Waals surface area contributed by atoms with Crippen LogP contribution in [0.4, 0.5) is 14.7 Å². The Morgan fingerprint density at radius 1 is 1.32 bits per heavy atom. The lowest BCUT2D eigenvalue weighted by molar-refractivity contribution is 0.400. The number of nitrogens with two attached hydrogens (primary N) is 1. The number of methoxy groups -OCH3 is 1. The van der Waals surface area contributed by atoms with E-state index in [1.807, 2.05) is 0 Å². The molecule has 0 amide bonds. The van der Waals surface area contributed by atoms with Gasteiger partial charge in [0.25, 0.3) is 0 Å². The third kappa shape index (κ3) is 2.35. The van der Waals surface area contributed by atoms with Crippen molar-refractivity contribution in [2.24, 2.45) is 0 Å². The van der Waals surface area contributed by atoms with Crippen LogP contribution < -0.4 is 10.5 Å². The lowest BCUT2D eigenvalue weighted by Crippen LogP contribution is -2.03. The first-order valence-corrected chi connectivity index (χ1v) is 7.52. The van der Waals surface area contributed by atoms with E-state index in [-0.39, 0.29) is 23.9 Å². The molecule has 0 radical (unpaired) electrons. The number of alkyl halides is 1. The van der Waals surface area contributed by atoms with Gasteiger partial charge in [0.1, 0.15) is 17.7 Å². The normalized spacial score (nSPS) is 11.5. The Morgan fingerprint density at radius 3 is 2.92 bits per heavy atom. The number of nitrogens with zero attached hydrogens (tertiary/aromatic N) is 5. The van der Waals surface area contributed by atoms with Crippen LogP contribution in [0.15, 0.2) is 30.7 Å². The van der Waals surface area contributed by atoms with Crippen LogP contribution in [0.1, 0.15) is 0 Å². The van der Waals surface area contributed by atoms with Gasteiger partial charge in [0.2, 0.25) is 11.8 Å². The molecule has 0 aliphatic carbocycles. The first-order valence-electron chi connectivity index (χ1n) is 7.52. The number of anilines is 1. The molecule has 0 unspecified atom stereocenters. The minimum atomic E-state index is -0.562. The van der Waals surface area contributed by atoms with Gasteiger partial charge in [-0.05, 0) is 23.8 Å². The van der Waals surface area contributed by atoms with Crippen LogP contribution in [-0.2, 0) is 6.54 Å². The number of ether oxygens (including phenoxy) is 1. The molecule has 0 aliphatic heterocycles. The molecular formula is C16H14F2N6O. The zero-order valence-electron chi connectivity index (χ0n) is 13.3. The minimum absolute atomic E-state index is 0.0640. The second-order valence-corrected chi connectivity index (χ2v) is 5.45. The molecule has 1 aromatic carbocycles. The Bertz CT molecular complexity index is 1090. The monoisotopic (exact) mass is 344 g/mol. The molecule has 0 spiro atoms. The van der Waals surface area contributed by atoms with Crippen molar-refractivity contribution in [3.8, 4) is 17.0 Å². The van der Waals surface area contributed by atoms with E-state index in [2.05, 4.69) is 15.1 Å². The molecule has 0 atom stereocenters. The number of aryl methyl sites for hydroxylation is 1. The average molecular weight is 344 g/mol. The molecule has 4 aromatic rings. The second-order valence-electron chi connectivity index (χ2n) is 5.45. The average Bonchev–Trinajstić information content (AvgIpc) is 3.19. The van der Waals surface area contributed by atoms with Crippen molar-refractivity contribution in [3.05, 3.63) is 36.5 Å². The van der Waals surface area contributed by atoms with Crippen molar-refractivity contribution in [1.82, 2.24) is 24.1 Å². The van der Waals surface area contributed by atoms with E-state index in [1.54, 1.807) is 22.9 Å². The fourth-order valence-electron chi connectivity index (χ4n) is 2.93. The predicted molar refractivity (Wildman–Crippen MR) is 88.6 cm³/mol. The third-order valence-corrected chi connectivity index (χ3v) is 4.00. The van der Waals surface area contributed by atoms with Gasteiger partial charge in [-0.2, -0.15) is 4.98 Å². The highest BCUT2D eigenvalue weighted by Gasteiger charge is 2.17. The standard InChI is InChI=1S/C16H14F2N6O/c1-25-15-14-10(2-4-24(14)22-16(19)21-15)9-6-11(18)13-12(7-9)23(5-3-17)8-20-13/h2,4,6-8H,3,5H2,1H3,(H2,19,22). The summed E-state index contributed by atoms with van der Waals surface area (Å²) < 4.78 is 35.6. The lowest BCUT2D eigenvalue weighted by Gasteiger charge is -2.07. The van der Waals surface area contributed by atoms with E-state index in [0.29, 0.717) is 22.2 Å². The highest BCUT2D eigenvalue weighted by molar-refractivity contribution is 5.90. The summed E-state index contributed by atoms with van der Waals surface area (Å²) in [4.78, 5) is 8.08. The summed E-state index contributed by atoms with van der Waals surface area (Å²) in [6.45, 7) is -0.452. The highest BCUT2D eigenvalue weighted by atomic mass is 19.1. The largest absolute Gasteiger partial charge is 0.479 e. The zero-order chi connectivity index (χ0) is 17.6. The van der Waals surface area contributed by atoms with Gasteiger partial charge in [-0.15, -0.1) is 5.10 Å². The molecule has 128 valence electrons. The van der Waals surface area contributed by atoms with Crippen LogP contribution in [0, 0.1) is 5.82 Å². The molecule has 0 bridgehead atoms. The van der Waals surface area contributed by atoms with Gasteiger partial charge in [-0.25, -0.2) is 18.3 Å². The number of halogens is 2. The van der Waals surface area contributed by atoms with Gasteiger partial charge in [0.15, 0.2) is 5.82 Å². The van der Waals surface area contributed by atoms with E-state index in [0.717, 1.165) is 0 Å². The topological polar surface area (TPSA) is 83.3 Å². The van der Waals surface area contributed by atoms with Crippen LogP contribution >= 0.6 is 0 Å². The smallest absolute Gasteiger partial charge is 0.243 e. The number of nitrogen functional groups attached to an aromatic ring is 1. The molecule has 0 fully saturated rings. The Hall–Kier alpha value is -3.23. The lowest BCUT2D eigenvalue weighted by atomic mass is 10.1. The van der Waals surface area contributed by atoms with Crippen LogP contribution in [0.5, 0.6) is 5.88 Å². The first kappa shape index (κ1) is 15.3. The molecule has 3 heterocycles. The van der Waals surface area contributed by atoms with Crippen molar-refractivity contribution in [3.63, 3.8) is 0 Å². The maximum atomic E-state index is 14.5. The molecule has 0 saturated heterocycles. The maximum Gasteiger partial charge on any atom is 0.243 e. The summed E-state index contributed by atoms with van der Waals surface area (Å²) >= 11 is 0. The SMILES string of the molecule is COc1nc(N)nn2ccc(-c3cc(F)c4ncn(CCF)c4c3)c12. The van der Waals surface area contributed by atoms with Crippen LogP contribution in [0.25, 0.3) is 27.7 Å². The van der Waals surface area contributed by atoms with Crippen LogP contribution in [0.3, 0.4) is 0 Å². The van der Waals surface area contributed by atoms with Gasteiger partial charge < -0.3 is 15.0 Å². The van der Waals surface area contributed by atoms with Gasteiger partial charge in [0.05, 0.1) is 25.5 Å². The van der Waals surface area contributed by atoms with Crippen LogP contribution in [-0.4, -0.2) is 37.9 Å². The van der Waals surface area contributed by atoms with E-state index < -0.39 is 12.5 Å². The van der Waals surface area contributed by atoms with Crippen molar-refractivity contribution < 1.29 is 13.5 Å². The Balaban J connectivity index is 1.98. The van der Waals surface area contributed by atoms with Crippen molar-refractivity contribution in [1.29, 1.82) is 0 Å². The molecule has 7 nitrogen and oxygen atoms in total. The van der Waals surface area contributed by atoms with E-state index >= 15 is 0 Å². The minimum Gasteiger partial charge on any atom is -0.479 e. The molecule has 2 N–H and O–H groups in total. The molecule has 3 aromatic heterocycles. The second kappa shape index (κ2) is 5.69. The Labute approximate surface area is 140 Å². The summed E-state index contributed by atoms with van der Waals surface area (Å²) in [6.07, 6.45) is 3.12. The van der Waals surface area contributed by atoms with Gasteiger partial charge in [-0.3, -0.25) is 0 Å². The highest BCUT2D eigenvalue weighted by Crippen LogP contribution is 2.33. The fraction of sp³-hybridized carbons (Fsp3) is 0.188. The summed E-state index contributed by atoms with van der Waals surface area (Å²) in [5, 5.41) is 4.09. The molecule has 9 heteroatoms. The third-order valence-electron chi connectivity index (χ3n) is 4.00. The van der Waals surface area contributed by atoms with Crippen LogP contribution in [0.2, 0.25) is 0 Å². The number of hydrogen-bond donors (Lipinski definition) is 1. The number of imidazole rings is 1. The zero-order valence-corrected chi connectivity index (χ0v) is 13.3. The van der Waals surface area contributed by atoms with Gasteiger partial charge in [-0.1, -0.05) is 0 Å². The van der Waals surface area contributed by atoms with Gasteiger partial charge in [0, 0.05) is 11.8 Å². The van der Waals surface area contributed by atoms with Crippen molar-refractivity contribution in [2.75, 3.05) is 19.5 Å². The summed E-state index contributed by atoms with van der Waals surface area (Å²) in [5.74, 6) is -0.140. The van der Waals surface area contributed by atoms with Gasteiger partial charge >= 0.3 is 0 Å². The van der Waals surface area contributed by atoms with Crippen molar-refractivity contribution >= 4 is 22.5 Å². The number of fused-ring (bicyclic) bond motifs is 2. The fourth-order valence-corrected chi connectivity index (χ4v) is 2.93. The first-order chi connectivity index (χ1) is 12.1. The Kier molecular flexibility index (Phi) is 3.48. The van der Waals surface area contributed by atoms with Crippen molar-refractivity contribution in [2.45, 2.75) is 6.54 Å². The van der Waals surface area contributed by atoms with E-state index in [4.69, 9.17) is 10.5 Å². The molecule has 0 saturated carbocycles. The summed E-state index contributed by atoms with van der Waals surface area (Å²) in [5.41, 5.74) is 8.19. The molecular weight excluding hydrogens is 330 g/mol. The summed E-state index contributed by atoms with van der Waals surface area (Å²) in [6, 6.07) is 4.90. The predicted octanol–water partition coefficient (Wildman–Crippen LogP) is 2.45. The number of benzene rings is 1. The van der Waals surface area contributed by atoms with E-state index in [1.165, 1.54) is 24.0 Å². The number of rotatable bonds is 4. The number of aromatic nitrogens is 5. The Morgan fingerprint density at radius 2 is 2.16 bits per heavy atom.